The van der Waals surface area contributed by atoms with Crippen LogP contribution < -0.4 is 0 Å². The Kier molecular flexibility index (Phi) is 6.82. The normalized spacial score (nSPS) is 13.4. The number of esters is 1. The van der Waals surface area contributed by atoms with Crippen molar-refractivity contribution in [3.8, 4) is 0 Å². The molecular formula is C20H22O3S. The maximum Gasteiger partial charge on any atom is 0.305 e. The Morgan fingerprint density at radius 2 is 2.08 bits per heavy atom. The summed E-state index contributed by atoms with van der Waals surface area (Å²) in [6.45, 7) is 2.14. The minimum atomic E-state index is -0.202. The quantitative estimate of drug-likeness (QED) is 0.752. The fourth-order valence-electron chi connectivity index (χ4n) is 2.32. The third-order valence-electron chi connectivity index (χ3n) is 3.59. The number of aryl methyl sites for hydroxylation is 1. The lowest BCUT2D eigenvalue weighted by molar-refractivity contribution is -0.140. The van der Waals surface area contributed by atoms with Crippen molar-refractivity contribution in [3.63, 3.8) is 0 Å². The van der Waals surface area contributed by atoms with Crippen molar-refractivity contribution in [3.05, 3.63) is 70.8 Å². The van der Waals surface area contributed by atoms with Crippen molar-refractivity contribution in [2.24, 2.45) is 0 Å². The molecule has 24 heavy (non-hydrogen) atoms. The number of carbonyl (C=O) groups is 1. The molecule has 0 spiro atoms. The standard InChI is InChI=1S/C11H14O3.C9H8S/c1-14-11(13)8-6-9-3-2-4-10(12)7-5-9;1-7-6-8-4-2-3-5-9(8)10-7/h2,4-5,7,12H,3,6,8H2,1H3;2-6H,1H3. The molecule has 1 aromatic heterocycles. The number of fused-ring (bicyclic) bond motifs is 1. The van der Waals surface area contributed by atoms with Gasteiger partial charge in [0.15, 0.2) is 0 Å². The van der Waals surface area contributed by atoms with Crippen LogP contribution in [0.2, 0.25) is 0 Å². The van der Waals surface area contributed by atoms with E-state index in [1.165, 1.54) is 22.1 Å². The predicted octanol–water partition coefficient (Wildman–Crippen LogP) is 5.48. The SMILES string of the molecule is COC(=O)CCC1=CC=C(O)C=CC1.Cc1cc2ccccc2s1. The van der Waals surface area contributed by atoms with Crippen LogP contribution in [-0.2, 0) is 9.53 Å². The summed E-state index contributed by atoms with van der Waals surface area (Å²) in [5.41, 5.74) is 1.12. The van der Waals surface area contributed by atoms with Gasteiger partial charge in [0, 0.05) is 16.0 Å². The average molecular weight is 342 g/mol. The molecule has 0 radical (unpaired) electrons. The van der Waals surface area contributed by atoms with Crippen LogP contribution in [-0.4, -0.2) is 18.2 Å². The molecule has 1 N–H and O–H groups in total. The molecule has 0 fully saturated rings. The van der Waals surface area contributed by atoms with E-state index in [0.29, 0.717) is 12.8 Å². The van der Waals surface area contributed by atoms with Gasteiger partial charge in [-0.25, -0.2) is 0 Å². The Morgan fingerprint density at radius 1 is 1.29 bits per heavy atom. The van der Waals surface area contributed by atoms with Gasteiger partial charge in [0.25, 0.3) is 0 Å². The van der Waals surface area contributed by atoms with E-state index in [0.717, 1.165) is 12.0 Å². The van der Waals surface area contributed by atoms with Crippen LogP contribution >= 0.6 is 11.3 Å². The lowest BCUT2D eigenvalue weighted by Crippen LogP contribution is -2.00. The zero-order valence-electron chi connectivity index (χ0n) is 14.0. The van der Waals surface area contributed by atoms with E-state index in [9.17, 15) is 4.79 Å². The van der Waals surface area contributed by atoms with Gasteiger partial charge in [-0.15, -0.1) is 11.3 Å². The summed E-state index contributed by atoms with van der Waals surface area (Å²) < 4.78 is 5.93. The Morgan fingerprint density at radius 3 is 2.83 bits per heavy atom. The molecule has 0 saturated heterocycles. The van der Waals surface area contributed by atoms with Gasteiger partial charge >= 0.3 is 5.97 Å². The number of carbonyl (C=O) groups excluding carboxylic acids is 1. The number of benzene rings is 1. The van der Waals surface area contributed by atoms with E-state index < -0.39 is 0 Å². The summed E-state index contributed by atoms with van der Waals surface area (Å²) in [6, 6.07) is 10.7. The molecule has 3 rings (SSSR count). The van der Waals surface area contributed by atoms with Gasteiger partial charge in [0.2, 0.25) is 0 Å². The number of rotatable bonds is 3. The molecule has 0 unspecified atom stereocenters. The van der Waals surface area contributed by atoms with E-state index in [-0.39, 0.29) is 11.7 Å². The Hall–Kier alpha value is -2.33. The molecular weight excluding hydrogens is 320 g/mol. The molecule has 0 amide bonds. The van der Waals surface area contributed by atoms with E-state index >= 15 is 0 Å². The first-order chi connectivity index (χ1) is 11.6. The van der Waals surface area contributed by atoms with Crippen LogP contribution in [0.5, 0.6) is 0 Å². The van der Waals surface area contributed by atoms with Crippen molar-refractivity contribution in [2.75, 3.05) is 7.11 Å². The molecule has 2 aromatic rings. The Balaban J connectivity index is 0.000000182. The highest BCUT2D eigenvalue weighted by Gasteiger charge is 2.03. The highest BCUT2D eigenvalue weighted by atomic mass is 32.1. The lowest BCUT2D eigenvalue weighted by atomic mass is 10.1. The second-order valence-electron chi connectivity index (χ2n) is 5.49. The van der Waals surface area contributed by atoms with Gasteiger partial charge in [0.05, 0.1) is 7.11 Å². The zero-order valence-corrected chi connectivity index (χ0v) is 14.8. The summed E-state index contributed by atoms with van der Waals surface area (Å²) in [4.78, 5) is 12.3. The number of aliphatic hydroxyl groups is 1. The molecule has 1 aliphatic rings. The molecule has 0 bridgehead atoms. The minimum Gasteiger partial charge on any atom is -0.508 e. The topological polar surface area (TPSA) is 46.5 Å². The smallest absolute Gasteiger partial charge is 0.305 e. The lowest BCUT2D eigenvalue weighted by Gasteiger charge is -2.01. The molecule has 1 aromatic carbocycles. The molecule has 4 heteroatoms. The highest BCUT2D eigenvalue weighted by Crippen LogP contribution is 2.23. The summed E-state index contributed by atoms with van der Waals surface area (Å²) in [5.74, 6) is 0.0467. The van der Waals surface area contributed by atoms with Gasteiger partial charge < -0.3 is 9.84 Å². The Bertz CT molecular complexity index is 748. The summed E-state index contributed by atoms with van der Waals surface area (Å²) in [7, 11) is 1.38. The number of ether oxygens (including phenoxy) is 1. The molecule has 126 valence electrons. The van der Waals surface area contributed by atoms with Crippen LogP contribution in [0.25, 0.3) is 10.1 Å². The van der Waals surface area contributed by atoms with E-state index in [1.54, 1.807) is 12.2 Å². The maximum atomic E-state index is 10.9. The van der Waals surface area contributed by atoms with Crippen molar-refractivity contribution < 1.29 is 14.6 Å². The summed E-state index contributed by atoms with van der Waals surface area (Å²) in [6.07, 6.45) is 8.86. The second kappa shape index (κ2) is 9.08. The zero-order chi connectivity index (χ0) is 17.4. The van der Waals surface area contributed by atoms with Crippen LogP contribution in [0.1, 0.15) is 24.1 Å². The van der Waals surface area contributed by atoms with E-state index in [2.05, 4.69) is 42.0 Å². The second-order valence-corrected chi connectivity index (χ2v) is 6.78. The van der Waals surface area contributed by atoms with Gasteiger partial charge in [-0.2, -0.15) is 0 Å². The monoisotopic (exact) mass is 342 g/mol. The average Bonchev–Trinajstić information content (AvgIpc) is 2.84. The number of thiophene rings is 1. The fourth-order valence-corrected chi connectivity index (χ4v) is 3.25. The van der Waals surface area contributed by atoms with Crippen LogP contribution in [0.15, 0.2) is 66.0 Å². The van der Waals surface area contributed by atoms with Gasteiger partial charge in [0.1, 0.15) is 5.76 Å². The first kappa shape index (κ1) is 18.0. The van der Waals surface area contributed by atoms with E-state index in [1.807, 2.05) is 23.5 Å². The van der Waals surface area contributed by atoms with Crippen molar-refractivity contribution in [1.29, 1.82) is 0 Å². The molecule has 0 aliphatic heterocycles. The largest absolute Gasteiger partial charge is 0.508 e. The number of allylic oxidation sites excluding steroid dienone is 5. The molecule has 0 saturated carbocycles. The highest BCUT2D eigenvalue weighted by molar-refractivity contribution is 7.19. The number of hydrogen-bond acceptors (Lipinski definition) is 4. The molecule has 0 atom stereocenters. The molecule has 3 nitrogen and oxygen atoms in total. The van der Waals surface area contributed by atoms with Gasteiger partial charge in [-0.3, -0.25) is 4.79 Å². The summed E-state index contributed by atoms with van der Waals surface area (Å²) >= 11 is 1.85. The van der Waals surface area contributed by atoms with Crippen molar-refractivity contribution in [1.82, 2.24) is 0 Å². The first-order valence-corrected chi connectivity index (χ1v) is 8.67. The number of methoxy groups -OCH3 is 1. The Labute approximate surface area is 146 Å². The van der Waals surface area contributed by atoms with Crippen molar-refractivity contribution >= 4 is 27.4 Å². The third-order valence-corrected chi connectivity index (χ3v) is 4.62. The number of hydrogen-bond donors (Lipinski definition) is 1. The van der Waals surface area contributed by atoms with Crippen LogP contribution in [0.4, 0.5) is 0 Å². The molecule has 1 heterocycles. The van der Waals surface area contributed by atoms with Gasteiger partial charge in [-0.05, 0) is 49.4 Å². The van der Waals surface area contributed by atoms with Crippen LogP contribution in [0.3, 0.4) is 0 Å². The summed E-state index contributed by atoms with van der Waals surface area (Å²) in [5, 5.41) is 10.5. The van der Waals surface area contributed by atoms with E-state index in [4.69, 9.17) is 5.11 Å². The maximum absolute atomic E-state index is 10.9. The van der Waals surface area contributed by atoms with Gasteiger partial charge in [-0.1, -0.05) is 35.9 Å². The number of aliphatic hydroxyl groups excluding tert-OH is 1. The van der Waals surface area contributed by atoms with Crippen LogP contribution in [0, 0.1) is 6.92 Å². The fraction of sp³-hybridized carbons (Fsp3) is 0.250. The molecule has 1 aliphatic carbocycles. The predicted molar refractivity (Wildman–Crippen MR) is 100 cm³/mol. The van der Waals surface area contributed by atoms with Crippen molar-refractivity contribution in [2.45, 2.75) is 26.2 Å². The minimum absolute atomic E-state index is 0.202. The third kappa shape index (κ3) is 5.70. The first-order valence-electron chi connectivity index (χ1n) is 7.85.